The fourth-order valence-corrected chi connectivity index (χ4v) is 3.39. The summed E-state index contributed by atoms with van der Waals surface area (Å²) in [4.78, 5) is 52.4. The van der Waals surface area contributed by atoms with Crippen LogP contribution in [-0.2, 0) is 25.6 Å². The lowest BCUT2D eigenvalue weighted by Crippen LogP contribution is -2.58. The van der Waals surface area contributed by atoms with Gasteiger partial charge in [0.2, 0.25) is 17.7 Å². The molecular weight excluding hydrogens is 442 g/mol. The van der Waals surface area contributed by atoms with E-state index < -0.39 is 54.0 Å². The van der Waals surface area contributed by atoms with Crippen molar-refractivity contribution >= 4 is 34.6 Å². The standard InChI is InChI=1S/C23H33N5O6/c1-11(2)19(28-21(31)18(24)13(4)29)22(32)26-12(3)20(30)27-17(23(33)34)9-14-10-25-16-8-6-5-7-15(14)16/h5-8,10-13,17-19,25,29H,9,24H2,1-4H3,(H,26,32)(H,27,30)(H,28,31)(H,33,34). The van der Waals surface area contributed by atoms with Crippen LogP contribution < -0.4 is 21.7 Å². The summed E-state index contributed by atoms with van der Waals surface area (Å²) in [7, 11) is 0. The number of hydrogen-bond acceptors (Lipinski definition) is 6. The van der Waals surface area contributed by atoms with Crippen molar-refractivity contribution in [2.24, 2.45) is 11.7 Å². The Morgan fingerprint density at radius 3 is 2.21 bits per heavy atom. The number of carbonyl (C=O) groups is 4. The van der Waals surface area contributed by atoms with Gasteiger partial charge in [0.05, 0.1) is 6.10 Å². The molecule has 8 N–H and O–H groups in total. The highest BCUT2D eigenvalue weighted by atomic mass is 16.4. The van der Waals surface area contributed by atoms with Gasteiger partial charge in [0.15, 0.2) is 0 Å². The molecule has 0 saturated carbocycles. The maximum atomic E-state index is 12.7. The van der Waals surface area contributed by atoms with Gasteiger partial charge in [0, 0.05) is 23.5 Å². The molecule has 0 bridgehead atoms. The number of aromatic amines is 1. The van der Waals surface area contributed by atoms with Gasteiger partial charge in [0.1, 0.15) is 24.2 Å². The third-order valence-electron chi connectivity index (χ3n) is 5.53. The summed E-state index contributed by atoms with van der Waals surface area (Å²) < 4.78 is 0. The van der Waals surface area contributed by atoms with Gasteiger partial charge in [-0.2, -0.15) is 0 Å². The minimum absolute atomic E-state index is 0.0493. The molecule has 1 aromatic heterocycles. The molecule has 1 aromatic carbocycles. The number of aromatic nitrogens is 1. The molecule has 5 atom stereocenters. The predicted octanol–water partition coefficient (Wildman–Crippen LogP) is -0.367. The molecule has 0 aliphatic carbocycles. The zero-order valence-corrected chi connectivity index (χ0v) is 19.7. The van der Waals surface area contributed by atoms with Crippen LogP contribution in [0.3, 0.4) is 0 Å². The Morgan fingerprint density at radius 1 is 0.971 bits per heavy atom. The summed E-state index contributed by atoms with van der Waals surface area (Å²) in [6.45, 7) is 6.17. The van der Waals surface area contributed by atoms with E-state index in [0.29, 0.717) is 0 Å². The fourth-order valence-electron chi connectivity index (χ4n) is 3.39. The van der Waals surface area contributed by atoms with Crippen molar-refractivity contribution in [2.75, 3.05) is 0 Å². The number of carbonyl (C=O) groups excluding carboxylic acids is 3. The van der Waals surface area contributed by atoms with E-state index in [-0.39, 0.29) is 12.3 Å². The Hall–Kier alpha value is -3.44. The largest absolute Gasteiger partial charge is 0.480 e. The number of aliphatic hydroxyl groups is 1. The Kier molecular flexibility index (Phi) is 9.16. The minimum Gasteiger partial charge on any atom is -0.480 e. The van der Waals surface area contributed by atoms with Gasteiger partial charge < -0.3 is 36.9 Å². The smallest absolute Gasteiger partial charge is 0.326 e. The van der Waals surface area contributed by atoms with Crippen LogP contribution in [0.2, 0.25) is 0 Å². The number of amides is 3. The van der Waals surface area contributed by atoms with Crippen molar-refractivity contribution in [2.45, 2.75) is 64.4 Å². The predicted molar refractivity (Wildman–Crippen MR) is 126 cm³/mol. The van der Waals surface area contributed by atoms with Crippen molar-refractivity contribution in [1.82, 2.24) is 20.9 Å². The molecular formula is C23H33N5O6. The molecule has 0 fully saturated rings. The summed E-state index contributed by atoms with van der Waals surface area (Å²) in [5, 5.41) is 27.4. The van der Waals surface area contributed by atoms with Gasteiger partial charge in [-0.05, 0) is 31.4 Å². The van der Waals surface area contributed by atoms with E-state index in [0.717, 1.165) is 16.5 Å². The van der Waals surface area contributed by atoms with Crippen molar-refractivity contribution in [3.63, 3.8) is 0 Å². The lowest BCUT2D eigenvalue weighted by Gasteiger charge is -2.26. The number of nitrogens with two attached hydrogens (primary N) is 1. The van der Waals surface area contributed by atoms with E-state index in [1.807, 2.05) is 24.3 Å². The quantitative estimate of drug-likeness (QED) is 0.231. The number of H-pyrrole nitrogens is 1. The van der Waals surface area contributed by atoms with E-state index in [1.165, 1.54) is 13.8 Å². The van der Waals surface area contributed by atoms with Gasteiger partial charge in [-0.3, -0.25) is 14.4 Å². The summed E-state index contributed by atoms with van der Waals surface area (Å²) in [6.07, 6.45) is 0.644. The summed E-state index contributed by atoms with van der Waals surface area (Å²) in [5.41, 5.74) is 7.20. The molecule has 2 aromatic rings. The van der Waals surface area contributed by atoms with Crippen molar-refractivity contribution in [1.29, 1.82) is 0 Å². The molecule has 0 radical (unpaired) electrons. The van der Waals surface area contributed by atoms with Crippen LogP contribution in [0.15, 0.2) is 30.5 Å². The molecule has 0 aliphatic rings. The number of aliphatic hydroxyl groups excluding tert-OH is 1. The molecule has 11 nitrogen and oxygen atoms in total. The average Bonchev–Trinajstić information content (AvgIpc) is 3.18. The first-order valence-electron chi connectivity index (χ1n) is 11.0. The number of para-hydroxylation sites is 1. The molecule has 1 heterocycles. The molecule has 11 heteroatoms. The van der Waals surface area contributed by atoms with E-state index in [9.17, 15) is 29.4 Å². The Balaban J connectivity index is 2.03. The number of rotatable bonds is 11. The Labute approximate surface area is 197 Å². The second-order valence-electron chi connectivity index (χ2n) is 8.69. The second-order valence-corrected chi connectivity index (χ2v) is 8.69. The van der Waals surface area contributed by atoms with E-state index in [2.05, 4.69) is 20.9 Å². The topological polar surface area (TPSA) is 187 Å². The number of hydrogen-bond donors (Lipinski definition) is 7. The number of aliphatic carboxylic acids is 1. The normalized spacial score (nSPS) is 15.7. The zero-order chi connectivity index (χ0) is 25.6. The Morgan fingerprint density at radius 2 is 1.62 bits per heavy atom. The molecule has 186 valence electrons. The highest BCUT2D eigenvalue weighted by Crippen LogP contribution is 2.19. The van der Waals surface area contributed by atoms with Gasteiger partial charge in [-0.15, -0.1) is 0 Å². The molecule has 5 unspecified atom stereocenters. The van der Waals surface area contributed by atoms with Crippen LogP contribution in [0.5, 0.6) is 0 Å². The third-order valence-corrected chi connectivity index (χ3v) is 5.53. The lowest BCUT2D eigenvalue weighted by molar-refractivity contribution is -0.142. The molecule has 0 spiro atoms. The monoisotopic (exact) mass is 475 g/mol. The van der Waals surface area contributed by atoms with E-state index >= 15 is 0 Å². The van der Waals surface area contributed by atoms with Crippen LogP contribution >= 0.6 is 0 Å². The summed E-state index contributed by atoms with van der Waals surface area (Å²) >= 11 is 0. The van der Waals surface area contributed by atoms with Gasteiger partial charge in [-0.1, -0.05) is 32.0 Å². The van der Waals surface area contributed by atoms with Crippen molar-refractivity contribution in [3.8, 4) is 0 Å². The van der Waals surface area contributed by atoms with Crippen LogP contribution in [0.25, 0.3) is 10.9 Å². The highest BCUT2D eigenvalue weighted by Gasteiger charge is 2.31. The SMILES string of the molecule is CC(NC(=O)C(NC(=O)C(N)C(C)O)C(C)C)C(=O)NC(Cc1c[nH]c2ccccc12)C(=O)O. The second kappa shape index (κ2) is 11.6. The van der Waals surface area contributed by atoms with E-state index in [4.69, 9.17) is 5.73 Å². The lowest BCUT2D eigenvalue weighted by atomic mass is 10.0. The van der Waals surface area contributed by atoms with Gasteiger partial charge in [0.25, 0.3) is 0 Å². The first-order valence-corrected chi connectivity index (χ1v) is 11.0. The maximum absolute atomic E-state index is 12.7. The zero-order valence-electron chi connectivity index (χ0n) is 19.7. The highest BCUT2D eigenvalue weighted by molar-refractivity contribution is 5.94. The number of fused-ring (bicyclic) bond motifs is 1. The van der Waals surface area contributed by atoms with Crippen LogP contribution in [0.4, 0.5) is 0 Å². The van der Waals surface area contributed by atoms with Crippen LogP contribution in [0, 0.1) is 5.92 Å². The van der Waals surface area contributed by atoms with Crippen LogP contribution in [-0.4, -0.2) is 69.2 Å². The van der Waals surface area contributed by atoms with E-state index in [1.54, 1.807) is 20.0 Å². The van der Waals surface area contributed by atoms with Crippen molar-refractivity contribution < 1.29 is 29.4 Å². The number of carboxylic acid groups (broad SMARTS) is 1. The first kappa shape index (κ1) is 26.8. The summed E-state index contributed by atoms with van der Waals surface area (Å²) in [6, 6.07) is 2.91. The molecule has 34 heavy (non-hydrogen) atoms. The number of carboxylic acids is 1. The van der Waals surface area contributed by atoms with Gasteiger partial charge >= 0.3 is 5.97 Å². The molecule has 0 saturated heterocycles. The fraction of sp³-hybridized carbons (Fsp3) is 0.478. The molecule has 3 amide bonds. The minimum atomic E-state index is -1.21. The molecule has 2 rings (SSSR count). The average molecular weight is 476 g/mol. The number of benzene rings is 1. The van der Waals surface area contributed by atoms with Gasteiger partial charge in [-0.25, -0.2) is 4.79 Å². The first-order chi connectivity index (χ1) is 15.9. The third kappa shape index (κ3) is 6.78. The van der Waals surface area contributed by atoms with Crippen molar-refractivity contribution in [3.05, 3.63) is 36.0 Å². The number of nitrogens with one attached hydrogen (secondary N) is 4. The summed E-state index contributed by atoms with van der Waals surface area (Å²) in [5.74, 6) is -3.57. The molecule has 0 aliphatic heterocycles. The maximum Gasteiger partial charge on any atom is 0.326 e. The Bertz CT molecular complexity index is 1030. The van der Waals surface area contributed by atoms with Crippen LogP contribution in [0.1, 0.15) is 33.3 Å².